The first-order chi connectivity index (χ1) is 12.1. The predicted octanol–water partition coefficient (Wildman–Crippen LogP) is 2.91. The number of hydrogen-bond acceptors (Lipinski definition) is 5. The van der Waals surface area contributed by atoms with E-state index in [1.165, 1.54) is 17.3 Å². The first-order valence-corrected chi connectivity index (χ1v) is 7.76. The number of carbonyl (C=O) groups excluding carboxylic acids is 1. The molecular formula is C19H18N4O2. The summed E-state index contributed by atoms with van der Waals surface area (Å²) >= 11 is 0. The molecule has 6 nitrogen and oxygen atoms in total. The number of amides is 1. The monoisotopic (exact) mass is 334 g/mol. The summed E-state index contributed by atoms with van der Waals surface area (Å²) in [5, 5.41) is 0. The third-order valence-electron chi connectivity index (χ3n) is 3.71. The third-order valence-corrected chi connectivity index (χ3v) is 3.71. The standard InChI is InChI=1S/C19H18N4O2/c1-23(19(24)17-18(20)22-12-11-21-17)15-7-9-16(10-8-15)25-13-14-5-3-2-4-6-14/h2-12H,13H2,1H3,(H2,20,22). The van der Waals surface area contributed by atoms with Crippen LogP contribution in [0.15, 0.2) is 67.0 Å². The highest BCUT2D eigenvalue weighted by Crippen LogP contribution is 2.21. The van der Waals surface area contributed by atoms with Gasteiger partial charge in [-0.15, -0.1) is 0 Å². The Morgan fingerprint density at radius 2 is 1.72 bits per heavy atom. The molecule has 0 aliphatic carbocycles. The zero-order valence-corrected chi connectivity index (χ0v) is 13.8. The molecular weight excluding hydrogens is 316 g/mol. The Kier molecular flexibility index (Phi) is 4.89. The van der Waals surface area contributed by atoms with Crippen molar-refractivity contribution in [2.24, 2.45) is 0 Å². The lowest BCUT2D eigenvalue weighted by molar-refractivity contribution is 0.0989. The molecule has 0 saturated carbocycles. The van der Waals surface area contributed by atoms with Crippen LogP contribution in [-0.2, 0) is 6.61 Å². The van der Waals surface area contributed by atoms with Gasteiger partial charge in [-0.05, 0) is 29.8 Å². The normalized spacial score (nSPS) is 10.3. The molecule has 2 aromatic carbocycles. The number of ether oxygens (including phenoxy) is 1. The number of nitrogens with two attached hydrogens (primary N) is 1. The minimum absolute atomic E-state index is 0.113. The molecule has 1 aromatic heterocycles. The van der Waals surface area contributed by atoms with Crippen molar-refractivity contribution in [2.75, 3.05) is 17.7 Å². The molecule has 1 heterocycles. The summed E-state index contributed by atoms with van der Waals surface area (Å²) in [5.41, 5.74) is 7.65. The fourth-order valence-electron chi connectivity index (χ4n) is 2.30. The van der Waals surface area contributed by atoms with Gasteiger partial charge in [0.1, 0.15) is 12.4 Å². The van der Waals surface area contributed by atoms with Gasteiger partial charge < -0.3 is 15.4 Å². The van der Waals surface area contributed by atoms with Crippen molar-refractivity contribution in [1.82, 2.24) is 9.97 Å². The van der Waals surface area contributed by atoms with Crippen molar-refractivity contribution in [1.29, 1.82) is 0 Å². The lowest BCUT2D eigenvalue weighted by Gasteiger charge is -2.17. The highest BCUT2D eigenvalue weighted by atomic mass is 16.5. The second kappa shape index (κ2) is 7.44. The first-order valence-electron chi connectivity index (χ1n) is 7.76. The van der Waals surface area contributed by atoms with Gasteiger partial charge in [0, 0.05) is 25.1 Å². The van der Waals surface area contributed by atoms with Gasteiger partial charge in [0.15, 0.2) is 11.5 Å². The second-order valence-electron chi connectivity index (χ2n) is 5.42. The molecule has 0 unspecified atom stereocenters. The van der Waals surface area contributed by atoms with Crippen molar-refractivity contribution >= 4 is 17.4 Å². The van der Waals surface area contributed by atoms with Crippen LogP contribution in [0.4, 0.5) is 11.5 Å². The summed E-state index contributed by atoms with van der Waals surface area (Å²) in [6.07, 6.45) is 2.89. The number of hydrogen-bond donors (Lipinski definition) is 1. The first kappa shape index (κ1) is 16.4. The molecule has 0 spiro atoms. The maximum absolute atomic E-state index is 12.5. The lowest BCUT2D eigenvalue weighted by Crippen LogP contribution is -2.28. The van der Waals surface area contributed by atoms with E-state index in [1.807, 2.05) is 54.6 Å². The van der Waals surface area contributed by atoms with E-state index in [4.69, 9.17) is 10.5 Å². The van der Waals surface area contributed by atoms with Crippen LogP contribution in [0.1, 0.15) is 16.1 Å². The SMILES string of the molecule is CN(C(=O)c1nccnc1N)c1ccc(OCc2ccccc2)cc1. The number of nitrogen functional groups attached to an aromatic ring is 1. The molecule has 1 amide bonds. The minimum Gasteiger partial charge on any atom is -0.489 e. The van der Waals surface area contributed by atoms with Crippen LogP contribution >= 0.6 is 0 Å². The maximum atomic E-state index is 12.5. The van der Waals surface area contributed by atoms with E-state index in [-0.39, 0.29) is 17.4 Å². The molecule has 2 N–H and O–H groups in total. The molecule has 3 aromatic rings. The van der Waals surface area contributed by atoms with Crippen LogP contribution in [0.25, 0.3) is 0 Å². The summed E-state index contributed by atoms with van der Waals surface area (Å²) in [6, 6.07) is 17.2. The van der Waals surface area contributed by atoms with Crippen LogP contribution < -0.4 is 15.4 Å². The van der Waals surface area contributed by atoms with E-state index in [0.717, 1.165) is 11.3 Å². The zero-order valence-electron chi connectivity index (χ0n) is 13.8. The van der Waals surface area contributed by atoms with Crippen molar-refractivity contribution in [3.63, 3.8) is 0 Å². The van der Waals surface area contributed by atoms with Gasteiger partial charge in [-0.1, -0.05) is 30.3 Å². The second-order valence-corrected chi connectivity index (χ2v) is 5.42. The van der Waals surface area contributed by atoms with E-state index < -0.39 is 0 Å². The average molecular weight is 334 g/mol. The number of rotatable bonds is 5. The Bertz CT molecular complexity index is 851. The van der Waals surface area contributed by atoms with Crippen LogP contribution in [0.3, 0.4) is 0 Å². The lowest BCUT2D eigenvalue weighted by atomic mass is 10.2. The summed E-state index contributed by atoms with van der Waals surface area (Å²) in [4.78, 5) is 21.8. The van der Waals surface area contributed by atoms with Gasteiger partial charge in [-0.2, -0.15) is 0 Å². The summed E-state index contributed by atoms with van der Waals surface area (Å²) in [5.74, 6) is 0.526. The zero-order chi connectivity index (χ0) is 17.6. The molecule has 0 aliphatic heterocycles. The summed E-state index contributed by atoms with van der Waals surface area (Å²) in [7, 11) is 1.66. The van der Waals surface area contributed by atoms with Gasteiger partial charge in [0.2, 0.25) is 0 Å². The van der Waals surface area contributed by atoms with Crippen molar-refractivity contribution in [3.8, 4) is 5.75 Å². The number of benzene rings is 2. The smallest absolute Gasteiger partial charge is 0.280 e. The molecule has 0 atom stereocenters. The Morgan fingerprint density at radius 3 is 2.40 bits per heavy atom. The van der Waals surface area contributed by atoms with E-state index in [2.05, 4.69) is 9.97 Å². The summed E-state index contributed by atoms with van der Waals surface area (Å²) < 4.78 is 5.75. The molecule has 25 heavy (non-hydrogen) atoms. The Labute approximate surface area is 145 Å². The highest BCUT2D eigenvalue weighted by Gasteiger charge is 2.18. The Morgan fingerprint density at radius 1 is 1.04 bits per heavy atom. The predicted molar refractivity (Wildman–Crippen MR) is 96.4 cm³/mol. The minimum atomic E-state index is -0.316. The Balaban J connectivity index is 1.67. The van der Waals surface area contributed by atoms with Crippen LogP contribution in [0.5, 0.6) is 5.75 Å². The molecule has 0 bridgehead atoms. The number of nitrogens with zero attached hydrogens (tertiary/aromatic N) is 3. The molecule has 0 radical (unpaired) electrons. The topological polar surface area (TPSA) is 81.3 Å². The van der Waals surface area contributed by atoms with Gasteiger partial charge in [-0.3, -0.25) is 4.79 Å². The van der Waals surface area contributed by atoms with Gasteiger partial charge in [0.25, 0.3) is 5.91 Å². The molecule has 0 aliphatic rings. The summed E-state index contributed by atoms with van der Waals surface area (Å²) in [6.45, 7) is 0.491. The van der Waals surface area contributed by atoms with Crippen molar-refractivity contribution < 1.29 is 9.53 Å². The van der Waals surface area contributed by atoms with Crippen LogP contribution in [0, 0.1) is 0 Å². The molecule has 126 valence electrons. The number of aromatic nitrogens is 2. The van der Waals surface area contributed by atoms with E-state index in [9.17, 15) is 4.79 Å². The molecule has 6 heteroatoms. The third kappa shape index (κ3) is 3.92. The van der Waals surface area contributed by atoms with Crippen LogP contribution in [-0.4, -0.2) is 22.9 Å². The van der Waals surface area contributed by atoms with E-state index in [1.54, 1.807) is 7.05 Å². The number of anilines is 2. The molecule has 0 saturated heterocycles. The fourth-order valence-corrected chi connectivity index (χ4v) is 2.30. The molecule has 3 rings (SSSR count). The van der Waals surface area contributed by atoms with Gasteiger partial charge in [-0.25, -0.2) is 9.97 Å². The maximum Gasteiger partial charge on any atom is 0.280 e. The van der Waals surface area contributed by atoms with E-state index >= 15 is 0 Å². The van der Waals surface area contributed by atoms with Gasteiger partial charge >= 0.3 is 0 Å². The van der Waals surface area contributed by atoms with Crippen molar-refractivity contribution in [2.45, 2.75) is 6.61 Å². The largest absolute Gasteiger partial charge is 0.489 e. The van der Waals surface area contributed by atoms with E-state index in [0.29, 0.717) is 12.3 Å². The van der Waals surface area contributed by atoms with Gasteiger partial charge in [0.05, 0.1) is 0 Å². The average Bonchev–Trinajstić information content (AvgIpc) is 2.67. The highest BCUT2D eigenvalue weighted by molar-refractivity contribution is 6.06. The number of carbonyl (C=O) groups is 1. The Hall–Kier alpha value is -3.41. The molecule has 0 fully saturated rings. The fraction of sp³-hybridized carbons (Fsp3) is 0.105. The van der Waals surface area contributed by atoms with Crippen LogP contribution in [0.2, 0.25) is 0 Å². The quantitative estimate of drug-likeness (QED) is 0.776. The van der Waals surface area contributed by atoms with Crippen molar-refractivity contribution in [3.05, 3.63) is 78.2 Å².